The molecule has 6 nitrogen and oxygen atoms in total. The van der Waals surface area contributed by atoms with Crippen LogP contribution >= 0.6 is 0 Å². The van der Waals surface area contributed by atoms with Crippen molar-refractivity contribution in [3.8, 4) is 0 Å². The largest absolute Gasteiger partial charge is 0.444 e. The van der Waals surface area contributed by atoms with E-state index in [0.717, 1.165) is 12.8 Å². The molecule has 1 aliphatic heterocycles. The number of nitrogens with zero attached hydrogens (tertiary/aromatic N) is 2. The molecule has 6 heteroatoms. The first-order valence-corrected chi connectivity index (χ1v) is 9.88. The van der Waals surface area contributed by atoms with Crippen LogP contribution < -0.4 is 0 Å². The standard InChI is InChI=1S/C22H30N2O4/c1-21(2,3)19-23-16-11-7-10-15(18(16)27-19)17(25)14-9-8-12-24(13-14)20(26)28-22(4,5)6/h7,10-11,14H,8-9,12-13H2,1-6H3/t14-/m1/s1. The summed E-state index contributed by atoms with van der Waals surface area (Å²) in [7, 11) is 0. The van der Waals surface area contributed by atoms with Crippen LogP contribution in [-0.2, 0) is 10.2 Å². The van der Waals surface area contributed by atoms with E-state index in [-0.39, 0.29) is 23.2 Å². The summed E-state index contributed by atoms with van der Waals surface area (Å²) in [5, 5.41) is 0. The quantitative estimate of drug-likeness (QED) is 0.683. The van der Waals surface area contributed by atoms with E-state index in [1.807, 2.05) is 53.7 Å². The Balaban J connectivity index is 1.84. The Bertz CT molecular complexity index is 886. The molecule has 2 aromatic rings. The number of ketones is 1. The van der Waals surface area contributed by atoms with E-state index in [0.29, 0.717) is 35.6 Å². The van der Waals surface area contributed by atoms with Gasteiger partial charge in [0.15, 0.2) is 11.4 Å². The average molecular weight is 386 g/mol. The molecule has 0 aliphatic carbocycles. The Morgan fingerprint density at radius 1 is 1.18 bits per heavy atom. The summed E-state index contributed by atoms with van der Waals surface area (Å²) in [4.78, 5) is 31.9. The molecule has 1 aliphatic rings. The Labute approximate surface area is 166 Å². The van der Waals surface area contributed by atoms with Crippen LogP contribution in [0.3, 0.4) is 0 Å². The van der Waals surface area contributed by atoms with Gasteiger partial charge in [0.25, 0.3) is 0 Å². The maximum absolute atomic E-state index is 13.3. The number of rotatable bonds is 2. The number of carbonyl (C=O) groups is 2. The van der Waals surface area contributed by atoms with Crippen molar-refractivity contribution < 1.29 is 18.7 Å². The highest BCUT2D eigenvalue weighted by atomic mass is 16.6. The molecule has 0 bridgehead atoms. The number of oxazole rings is 1. The van der Waals surface area contributed by atoms with Gasteiger partial charge in [-0.05, 0) is 45.7 Å². The van der Waals surface area contributed by atoms with E-state index in [9.17, 15) is 9.59 Å². The molecule has 28 heavy (non-hydrogen) atoms. The molecule has 1 amide bonds. The zero-order valence-corrected chi connectivity index (χ0v) is 17.7. The number of Topliss-reactive ketones (excluding diaryl/α,β-unsaturated/α-hetero) is 1. The van der Waals surface area contributed by atoms with Gasteiger partial charge in [-0.3, -0.25) is 4.79 Å². The fraction of sp³-hybridized carbons (Fsp3) is 0.591. The summed E-state index contributed by atoms with van der Waals surface area (Å²) >= 11 is 0. The summed E-state index contributed by atoms with van der Waals surface area (Å²) in [6, 6.07) is 5.48. The highest BCUT2D eigenvalue weighted by Gasteiger charge is 2.33. The minimum Gasteiger partial charge on any atom is -0.444 e. The van der Waals surface area contributed by atoms with Gasteiger partial charge in [0.1, 0.15) is 11.1 Å². The molecule has 1 saturated heterocycles. The van der Waals surface area contributed by atoms with Crippen LogP contribution in [0.1, 0.15) is 70.6 Å². The Kier molecular flexibility index (Phi) is 5.26. The van der Waals surface area contributed by atoms with Crippen molar-refractivity contribution in [2.45, 2.75) is 65.4 Å². The lowest BCUT2D eigenvalue weighted by Gasteiger charge is -2.33. The van der Waals surface area contributed by atoms with E-state index in [1.54, 1.807) is 11.0 Å². The molecule has 0 spiro atoms. The Hall–Kier alpha value is -2.37. The zero-order chi connectivity index (χ0) is 20.7. The van der Waals surface area contributed by atoms with Crippen molar-refractivity contribution >= 4 is 23.0 Å². The van der Waals surface area contributed by atoms with Crippen LogP contribution in [0.4, 0.5) is 4.79 Å². The van der Waals surface area contributed by atoms with Crippen LogP contribution in [0.5, 0.6) is 0 Å². The van der Waals surface area contributed by atoms with Crippen LogP contribution in [-0.4, -0.2) is 40.5 Å². The lowest BCUT2D eigenvalue weighted by atomic mass is 9.90. The summed E-state index contributed by atoms with van der Waals surface area (Å²) in [6.07, 6.45) is 1.15. The maximum Gasteiger partial charge on any atom is 0.410 e. The third-order valence-corrected chi connectivity index (χ3v) is 4.77. The monoisotopic (exact) mass is 386 g/mol. The lowest BCUT2D eigenvalue weighted by Crippen LogP contribution is -2.44. The minimum absolute atomic E-state index is 0.00420. The van der Waals surface area contributed by atoms with Crippen molar-refractivity contribution in [2.24, 2.45) is 5.92 Å². The van der Waals surface area contributed by atoms with Crippen molar-refractivity contribution in [1.29, 1.82) is 0 Å². The number of ether oxygens (including phenoxy) is 1. The SMILES string of the molecule is CC(C)(C)OC(=O)N1CCC[C@@H](C(=O)c2cccc3nc(C(C)(C)C)oc23)C1. The Morgan fingerprint density at radius 2 is 1.89 bits per heavy atom. The van der Waals surface area contributed by atoms with Crippen molar-refractivity contribution in [1.82, 2.24) is 9.88 Å². The summed E-state index contributed by atoms with van der Waals surface area (Å²) in [6.45, 7) is 12.6. The first-order chi connectivity index (χ1) is 13.0. The molecule has 3 rings (SSSR count). The van der Waals surface area contributed by atoms with Gasteiger partial charge in [0, 0.05) is 24.4 Å². The van der Waals surface area contributed by atoms with Gasteiger partial charge in [0.05, 0.1) is 5.56 Å². The molecule has 0 saturated carbocycles. The van der Waals surface area contributed by atoms with Gasteiger partial charge >= 0.3 is 6.09 Å². The van der Waals surface area contributed by atoms with E-state index in [2.05, 4.69) is 4.98 Å². The predicted molar refractivity (Wildman–Crippen MR) is 108 cm³/mol. The second kappa shape index (κ2) is 7.22. The number of fused-ring (bicyclic) bond motifs is 1. The number of likely N-dealkylation sites (tertiary alicyclic amines) is 1. The molecule has 1 aromatic heterocycles. The highest BCUT2D eigenvalue weighted by molar-refractivity contribution is 6.06. The van der Waals surface area contributed by atoms with Gasteiger partial charge < -0.3 is 14.1 Å². The number of benzene rings is 1. The Morgan fingerprint density at radius 3 is 2.54 bits per heavy atom. The van der Waals surface area contributed by atoms with E-state index < -0.39 is 5.60 Å². The molecular formula is C22H30N2O4. The molecule has 1 fully saturated rings. The zero-order valence-electron chi connectivity index (χ0n) is 17.7. The van der Waals surface area contributed by atoms with Crippen LogP contribution in [0, 0.1) is 5.92 Å². The van der Waals surface area contributed by atoms with E-state index >= 15 is 0 Å². The van der Waals surface area contributed by atoms with Crippen LogP contribution in [0.25, 0.3) is 11.1 Å². The minimum atomic E-state index is -0.553. The number of hydrogen-bond donors (Lipinski definition) is 0. The van der Waals surface area contributed by atoms with Gasteiger partial charge in [-0.2, -0.15) is 0 Å². The number of hydrogen-bond acceptors (Lipinski definition) is 5. The van der Waals surface area contributed by atoms with Gasteiger partial charge in [-0.25, -0.2) is 9.78 Å². The highest BCUT2D eigenvalue weighted by Crippen LogP contribution is 2.30. The van der Waals surface area contributed by atoms with Crippen molar-refractivity contribution in [3.63, 3.8) is 0 Å². The predicted octanol–water partition coefficient (Wildman–Crippen LogP) is 4.96. The molecule has 1 atom stereocenters. The summed E-state index contributed by atoms with van der Waals surface area (Å²) in [5.41, 5.74) is 0.972. The normalized spacial score (nSPS) is 18.4. The van der Waals surface area contributed by atoms with E-state index in [1.165, 1.54) is 0 Å². The van der Waals surface area contributed by atoms with Gasteiger partial charge in [0.2, 0.25) is 5.89 Å². The second-order valence-electron chi connectivity index (χ2n) is 9.55. The average Bonchev–Trinajstić information content (AvgIpc) is 3.04. The van der Waals surface area contributed by atoms with Gasteiger partial charge in [-0.15, -0.1) is 0 Å². The fourth-order valence-corrected chi connectivity index (χ4v) is 3.37. The first kappa shape index (κ1) is 20.4. The molecule has 0 N–H and O–H groups in total. The lowest BCUT2D eigenvalue weighted by molar-refractivity contribution is 0.0172. The van der Waals surface area contributed by atoms with E-state index in [4.69, 9.17) is 9.15 Å². The summed E-state index contributed by atoms with van der Waals surface area (Å²) < 4.78 is 11.4. The third-order valence-electron chi connectivity index (χ3n) is 4.77. The number of aromatic nitrogens is 1. The number of para-hydroxylation sites is 1. The molecule has 1 aromatic carbocycles. The molecule has 152 valence electrons. The van der Waals surface area contributed by atoms with Gasteiger partial charge in [-0.1, -0.05) is 26.8 Å². The molecular weight excluding hydrogens is 356 g/mol. The van der Waals surface area contributed by atoms with Crippen LogP contribution in [0.15, 0.2) is 22.6 Å². The molecule has 0 radical (unpaired) electrons. The number of carbonyl (C=O) groups excluding carboxylic acids is 2. The van der Waals surface area contributed by atoms with Crippen molar-refractivity contribution in [3.05, 3.63) is 29.7 Å². The first-order valence-electron chi connectivity index (χ1n) is 9.88. The number of piperidine rings is 1. The maximum atomic E-state index is 13.3. The summed E-state index contributed by atoms with van der Waals surface area (Å²) in [5.74, 6) is 0.340. The number of amides is 1. The molecule has 0 unspecified atom stereocenters. The fourth-order valence-electron chi connectivity index (χ4n) is 3.37. The second-order valence-corrected chi connectivity index (χ2v) is 9.55. The topological polar surface area (TPSA) is 72.6 Å². The van der Waals surface area contributed by atoms with Crippen LogP contribution in [0.2, 0.25) is 0 Å². The molecule has 2 heterocycles. The third kappa shape index (κ3) is 4.37. The smallest absolute Gasteiger partial charge is 0.410 e. The van der Waals surface area contributed by atoms with Crippen molar-refractivity contribution in [2.75, 3.05) is 13.1 Å².